The number of hydrogen-bond acceptors (Lipinski definition) is 6. The highest BCUT2D eigenvalue weighted by molar-refractivity contribution is 5.83. The maximum atomic E-state index is 13.0. The highest BCUT2D eigenvalue weighted by Crippen LogP contribution is 2.46. The molecule has 1 aliphatic heterocycles. The Morgan fingerprint density at radius 1 is 1.43 bits per heavy atom. The zero-order chi connectivity index (χ0) is 16.3. The molecule has 7 heteroatoms. The van der Waals surface area contributed by atoms with Gasteiger partial charge in [0.2, 0.25) is 17.7 Å². The van der Waals surface area contributed by atoms with Gasteiger partial charge in [0.1, 0.15) is 0 Å². The Hall–Kier alpha value is -1.47. The van der Waals surface area contributed by atoms with E-state index in [-0.39, 0.29) is 17.4 Å². The van der Waals surface area contributed by atoms with Crippen LogP contribution < -0.4 is 0 Å². The van der Waals surface area contributed by atoms with E-state index in [4.69, 9.17) is 13.9 Å². The minimum absolute atomic E-state index is 0.230. The zero-order valence-electron chi connectivity index (χ0n) is 13.9. The lowest BCUT2D eigenvalue weighted by Crippen LogP contribution is -2.52. The lowest BCUT2D eigenvalue weighted by Gasteiger charge is -2.45. The van der Waals surface area contributed by atoms with E-state index < -0.39 is 0 Å². The number of aryl methyl sites for hydroxylation is 1. The average molecular weight is 323 g/mol. The standard InChI is InChI=1S/C16H25N3O4/c1-3-21-9-7-16(5-4-6-16)15(20)19-8-10-22-13(11-19)14-18-17-12(2)23-14/h13H,3-11H2,1-2H3/t13-/m0/s1. The number of amides is 1. The molecule has 3 rings (SSSR count). The third kappa shape index (κ3) is 3.40. The van der Waals surface area contributed by atoms with E-state index in [1.807, 2.05) is 11.8 Å². The molecule has 1 atom stereocenters. The van der Waals surface area contributed by atoms with Gasteiger partial charge in [-0.15, -0.1) is 10.2 Å². The molecule has 2 aliphatic rings. The molecule has 1 aliphatic carbocycles. The number of aromatic nitrogens is 2. The van der Waals surface area contributed by atoms with Crippen LogP contribution in [0.1, 0.15) is 50.5 Å². The molecule has 0 unspecified atom stereocenters. The van der Waals surface area contributed by atoms with Crippen molar-refractivity contribution in [1.82, 2.24) is 15.1 Å². The van der Waals surface area contributed by atoms with E-state index >= 15 is 0 Å². The van der Waals surface area contributed by atoms with Crippen LogP contribution in [0.5, 0.6) is 0 Å². The molecule has 1 saturated carbocycles. The largest absolute Gasteiger partial charge is 0.423 e. The second-order valence-corrected chi connectivity index (χ2v) is 6.35. The third-order valence-electron chi connectivity index (χ3n) is 4.86. The molecule has 0 bridgehead atoms. The fourth-order valence-electron chi connectivity index (χ4n) is 3.35. The van der Waals surface area contributed by atoms with Crippen LogP contribution in [0.25, 0.3) is 0 Å². The maximum absolute atomic E-state index is 13.0. The molecule has 1 saturated heterocycles. The Morgan fingerprint density at radius 3 is 2.87 bits per heavy atom. The topological polar surface area (TPSA) is 77.7 Å². The smallest absolute Gasteiger partial charge is 0.246 e. The summed E-state index contributed by atoms with van der Waals surface area (Å²) >= 11 is 0. The number of rotatable bonds is 6. The molecular formula is C16H25N3O4. The molecule has 1 aromatic heterocycles. The van der Waals surface area contributed by atoms with Gasteiger partial charge in [-0.3, -0.25) is 4.79 Å². The van der Waals surface area contributed by atoms with Gasteiger partial charge in [-0.05, 0) is 26.2 Å². The van der Waals surface area contributed by atoms with Gasteiger partial charge in [0, 0.05) is 26.7 Å². The minimum Gasteiger partial charge on any atom is -0.423 e. The molecule has 23 heavy (non-hydrogen) atoms. The summed E-state index contributed by atoms with van der Waals surface area (Å²) in [5, 5.41) is 7.86. The van der Waals surface area contributed by atoms with E-state index in [2.05, 4.69) is 10.2 Å². The summed E-state index contributed by atoms with van der Waals surface area (Å²) in [7, 11) is 0. The van der Waals surface area contributed by atoms with E-state index in [9.17, 15) is 4.79 Å². The van der Waals surface area contributed by atoms with Crippen LogP contribution in [-0.4, -0.2) is 53.9 Å². The Morgan fingerprint density at radius 2 is 2.26 bits per heavy atom. The Bertz CT molecular complexity index is 541. The van der Waals surface area contributed by atoms with Crippen LogP contribution in [0.4, 0.5) is 0 Å². The summed E-state index contributed by atoms with van der Waals surface area (Å²) in [6.07, 6.45) is 3.52. The summed E-state index contributed by atoms with van der Waals surface area (Å²) < 4.78 is 16.6. The molecular weight excluding hydrogens is 298 g/mol. The van der Waals surface area contributed by atoms with E-state index in [1.54, 1.807) is 6.92 Å². The number of carbonyl (C=O) groups is 1. The summed E-state index contributed by atoms with van der Waals surface area (Å²) in [4.78, 5) is 14.9. The Kier molecular flexibility index (Phi) is 4.96. The van der Waals surface area contributed by atoms with Gasteiger partial charge >= 0.3 is 0 Å². The zero-order valence-corrected chi connectivity index (χ0v) is 13.9. The number of nitrogens with zero attached hydrogens (tertiary/aromatic N) is 3. The van der Waals surface area contributed by atoms with Crippen LogP contribution in [0.3, 0.4) is 0 Å². The number of hydrogen-bond donors (Lipinski definition) is 0. The summed E-state index contributed by atoms with van der Waals surface area (Å²) in [6.45, 7) is 6.68. The monoisotopic (exact) mass is 323 g/mol. The number of ether oxygens (including phenoxy) is 2. The van der Waals surface area contributed by atoms with E-state index in [0.29, 0.717) is 44.7 Å². The first kappa shape index (κ1) is 16.4. The lowest BCUT2D eigenvalue weighted by molar-refractivity contribution is -0.157. The average Bonchev–Trinajstić information content (AvgIpc) is 2.96. The van der Waals surface area contributed by atoms with Crippen molar-refractivity contribution in [1.29, 1.82) is 0 Å². The summed E-state index contributed by atoms with van der Waals surface area (Å²) in [5.41, 5.74) is -0.234. The highest BCUT2D eigenvalue weighted by atomic mass is 16.5. The molecule has 0 radical (unpaired) electrons. The van der Waals surface area contributed by atoms with Crippen molar-refractivity contribution in [3.05, 3.63) is 11.8 Å². The predicted molar refractivity (Wildman–Crippen MR) is 81.7 cm³/mol. The van der Waals surface area contributed by atoms with Gasteiger partial charge in [0.05, 0.1) is 18.6 Å². The molecule has 2 heterocycles. The van der Waals surface area contributed by atoms with Crippen molar-refractivity contribution in [2.24, 2.45) is 5.41 Å². The molecule has 1 amide bonds. The summed E-state index contributed by atoms with van der Waals surface area (Å²) in [5.74, 6) is 1.20. The maximum Gasteiger partial charge on any atom is 0.246 e. The van der Waals surface area contributed by atoms with Crippen LogP contribution in [-0.2, 0) is 14.3 Å². The molecule has 1 aromatic rings. The van der Waals surface area contributed by atoms with E-state index in [1.165, 1.54) is 0 Å². The first-order valence-electron chi connectivity index (χ1n) is 8.43. The molecule has 0 N–H and O–H groups in total. The van der Waals surface area contributed by atoms with E-state index in [0.717, 1.165) is 25.7 Å². The van der Waals surface area contributed by atoms with Crippen LogP contribution in [0, 0.1) is 12.3 Å². The molecule has 2 fully saturated rings. The van der Waals surface area contributed by atoms with Gasteiger partial charge in [-0.25, -0.2) is 0 Å². The highest BCUT2D eigenvalue weighted by Gasteiger charge is 2.47. The normalized spacial score (nSPS) is 23.6. The Balaban J connectivity index is 1.64. The molecule has 0 aromatic carbocycles. The van der Waals surface area contributed by atoms with Crippen molar-refractivity contribution in [3.63, 3.8) is 0 Å². The fraction of sp³-hybridized carbons (Fsp3) is 0.812. The molecule has 0 spiro atoms. The van der Waals surface area contributed by atoms with Crippen molar-refractivity contribution in [2.75, 3.05) is 32.9 Å². The fourth-order valence-corrected chi connectivity index (χ4v) is 3.35. The van der Waals surface area contributed by atoms with Gasteiger partial charge in [0.25, 0.3) is 0 Å². The second-order valence-electron chi connectivity index (χ2n) is 6.35. The number of carbonyl (C=O) groups excluding carboxylic acids is 1. The van der Waals surface area contributed by atoms with Crippen LogP contribution >= 0.6 is 0 Å². The van der Waals surface area contributed by atoms with Gasteiger partial charge in [0.15, 0.2) is 6.10 Å². The van der Waals surface area contributed by atoms with Crippen molar-refractivity contribution in [2.45, 2.75) is 45.6 Å². The van der Waals surface area contributed by atoms with Crippen LogP contribution in [0.15, 0.2) is 4.42 Å². The first-order chi connectivity index (χ1) is 11.1. The van der Waals surface area contributed by atoms with Crippen LogP contribution in [0.2, 0.25) is 0 Å². The molecule has 7 nitrogen and oxygen atoms in total. The Labute approximate surface area is 136 Å². The van der Waals surface area contributed by atoms with Gasteiger partial charge in [-0.2, -0.15) is 0 Å². The van der Waals surface area contributed by atoms with Gasteiger partial charge < -0.3 is 18.8 Å². The second kappa shape index (κ2) is 6.97. The SMILES string of the molecule is CCOCCC1(C(=O)N2CCO[C@H](c3nnc(C)o3)C2)CCC1. The minimum atomic E-state index is -0.321. The lowest BCUT2D eigenvalue weighted by atomic mass is 9.65. The number of morpholine rings is 1. The van der Waals surface area contributed by atoms with Gasteiger partial charge in [-0.1, -0.05) is 6.42 Å². The van der Waals surface area contributed by atoms with Crippen molar-refractivity contribution in [3.8, 4) is 0 Å². The summed E-state index contributed by atoms with van der Waals surface area (Å²) in [6, 6.07) is 0. The van der Waals surface area contributed by atoms with Crippen molar-refractivity contribution < 1.29 is 18.7 Å². The first-order valence-corrected chi connectivity index (χ1v) is 8.43. The predicted octanol–water partition coefficient (Wildman–Crippen LogP) is 1.87. The molecule has 128 valence electrons. The quantitative estimate of drug-likeness (QED) is 0.744. The third-order valence-corrected chi connectivity index (χ3v) is 4.86. The van der Waals surface area contributed by atoms with Crippen molar-refractivity contribution >= 4 is 5.91 Å².